The summed E-state index contributed by atoms with van der Waals surface area (Å²) in [4.78, 5) is 12.8. The molecule has 6 heteroatoms. The number of benzene rings is 1. The van der Waals surface area contributed by atoms with E-state index in [1.165, 1.54) is 10.6 Å². The summed E-state index contributed by atoms with van der Waals surface area (Å²) in [7, 11) is 0. The van der Waals surface area contributed by atoms with Crippen LogP contribution in [-0.2, 0) is 6.54 Å². The lowest BCUT2D eigenvalue weighted by Crippen LogP contribution is -2.16. The number of nitriles is 1. The summed E-state index contributed by atoms with van der Waals surface area (Å²) in [6, 6.07) is 11.1. The third kappa shape index (κ3) is 2.22. The van der Waals surface area contributed by atoms with Gasteiger partial charge >= 0.3 is 0 Å². The van der Waals surface area contributed by atoms with Crippen molar-refractivity contribution in [2.24, 2.45) is 0 Å². The van der Waals surface area contributed by atoms with E-state index in [1.807, 2.05) is 41.8 Å². The summed E-state index contributed by atoms with van der Waals surface area (Å²) in [6.07, 6.45) is 1.73. The summed E-state index contributed by atoms with van der Waals surface area (Å²) in [5.74, 6) is 0. The Morgan fingerprint density at radius 1 is 1.29 bits per heavy atom. The zero-order valence-electron chi connectivity index (χ0n) is 11.4. The molecular weight excluding hydrogens is 284 g/mol. The van der Waals surface area contributed by atoms with Gasteiger partial charge in [-0.1, -0.05) is 30.3 Å². The van der Waals surface area contributed by atoms with Crippen LogP contribution in [-0.4, -0.2) is 14.2 Å². The molecule has 0 aliphatic carbocycles. The van der Waals surface area contributed by atoms with Crippen LogP contribution in [0.4, 0.5) is 0 Å². The molecule has 0 bridgehead atoms. The zero-order chi connectivity index (χ0) is 14.8. The van der Waals surface area contributed by atoms with E-state index in [1.54, 1.807) is 6.20 Å². The Morgan fingerprint density at radius 2 is 2.05 bits per heavy atom. The molecule has 0 unspecified atom stereocenters. The van der Waals surface area contributed by atoms with Gasteiger partial charge in [0, 0.05) is 24.4 Å². The Balaban J connectivity index is 2.41. The largest absolute Gasteiger partial charge is 0.332 e. The summed E-state index contributed by atoms with van der Waals surface area (Å²) in [6.45, 7) is 2.68. The highest BCUT2D eigenvalue weighted by molar-refractivity contribution is 8.04. The van der Waals surface area contributed by atoms with Crippen LogP contribution >= 0.6 is 11.8 Å². The SMILES string of the molecule is CCn1ccc(=O)n2nc(-c3ccccc3)c(SC#N)c12. The van der Waals surface area contributed by atoms with Gasteiger partial charge in [-0.25, -0.2) is 0 Å². The van der Waals surface area contributed by atoms with Crippen LogP contribution in [0.25, 0.3) is 16.9 Å². The minimum atomic E-state index is -0.198. The number of thiocyanates is 1. The van der Waals surface area contributed by atoms with E-state index >= 15 is 0 Å². The van der Waals surface area contributed by atoms with E-state index < -0.39 is 0 Å². The van der Waals surface area contributed by atoms with Gasteiger partial charge in [-0.15, -0.1) is 0 Å². The second-order valence-corrected chi connectivity index (χ2v) is 5.21. The standard InChI is InChI=1S/C15H12N4OS/c1-2-18-9-8-12(20)19-15(18)14(21-10-16)13(17-19)11-6-4-3-5-7-11/h3-9H,2H2,1H3. The second kappa shape index (κ2) is 5.46. The molecular formula is C15H12N4OS. The number of thioether (sulfide) groups is 1. The Hall–Kier alpha value is -2.52. The number of aromatic nitrogens is 3. The molecule has 0 saturated heterocycles. The van der Waals surface area contributed by atoms with Crippen LogP contribution < -0.4 is 5.56 Å². The fourth-order valence-electron chi connectivity index (χ4n) is 2.28. The third-order valence-electron chi connectivity index (χ3n) is 3.23. The minimum absolute atomic E-state index is 0.198. The lowest BCUT2D eigenvalue weighted by molar-refractivity contribution is 0.735. The maximum atomic E-state index is 12.0. The first-order valence-electron chi connectivity index (χ1n) is 6.49. The van der Waals surface area contributed by atoms with E-state index in [-0.39, 0.29) is 5.56 Å². The van der Waals surface area contributed by atoms with Crippen molar-refractivity contribution in [3.63, 3.8) is 0 Å². The fourth-order valence-corrected chi connectivity index (χ4v) is 2.92. The summed E-state index contributed by atoms with van der Waals surface area (Å²) in [5, 5.41) is 15.6. The second-order valence-electron chi connectivity index (χ2n) is 4.41. The van der Waals surface area contributed by atoms with Gasteiger partial charge in [0.15, 0.2) is 5.65 Å². The van der Waals surface area contributed by atoms with Crippen molar-refractivity contribution in [1.82, 2.24) is 14.2 Å². The van der Waals surface area contributed by atoms with Crippen LogP contribution in [0.3, 0.4) is 0 Å². The first-order valence-corrected chi connectivity index (χ1v) is 7.31. The quantitative estimate of drug-likeness (QED) is 0.550. The predicted octanol–water partition coefficient (Wildman–Crippen LogP) is 2.76. The van der Waals surface area contributed by atoms with Crippen molar-refractivity contribution in [3.05, 3.63) is 52.9 Å². The topological polar surface area (TPSA) is 63.1 Å². The molecule has 0 spiro atoms. The van der Waals surface area contributed by atoms with Crippen molar-refractivity contribution in [2.45, 2.75) is 18.4 Å². The molecule has 5 nitrogen and oxygen atoms in total. The molecule has 0 atom stereocenters. The van der Waals surface area contributed by atoms with Crippen LogP contribution in [0.5, 0.6) is 0 Å². The van der Waals surface area contributed by atoms with Crippen molar-refractivity contribution in [1.29, 1.82) is 5.26 Å². The molecule has 0 fully saturated rings. The van der Waals surface area contributed by atoms with Crippen molar-refractivity contribution in [3.8, 4) is 16.7 Å². The Labute approximate surface area is 125 Å². The van der Waals surface area contributed by atoms with Gasteiger partial charge in [-0.3, -0.25) is 4.79 Å². The molecule has 0 aliphatic heterocycles. The van der Waals surface area contributed by atoms with Crippen molar-refractivity contribution in [2.75, 3.05) is 0 Å². The Bertz CT molecular complexity index is 890. The number of hydrogen-bond donors (Lipinski definition) is 0. The summed E-state index contributed by atoms with van der Waals surface area (Å²) in [5.41, 5.74) is 2.01. The van der Waals surface area contributed by atoms with Crippen molar-refractivity contribution >= 4 is 17.4 Å². The van der Waals surface area contributed by atoms with Gasteiger partial charge in [-0.05, 0) is 18.7 Å². The molecule has 1 aromatic carbocycles. The number of nitrogens with zero attached hydrogens (tertiary/aromatic N) is 4. The monoisotopic (exact) mass is 296 g/mol. The van der Waals surface area contributed by atoms with Gasteiger partial charge in [0.25, 0.3) is 5.56 Å². The molecule has 21 heavy (non-hydrogen) atoms. The Kier molecular flexibility index (Phi) is 3.50. The van der Waals surface area contributed by atoms with Gasteiger partial charge < -0.3 is 4.57 Å². The molecule has 0 radical (unpaired) electrons. The van der Waals surface area contributed by atoms with Crippen LogP contribution in [0, 0.1) is 10.7 Å². The number of aryl methyl sites for hydroxylation is 1. The maximum absolute atomic E-state index is 12.0. The minimum Gasteiger partial charge on any atom is -0.332 e. The van der Waals surface area contributed by atoms with Crippen LogP contribution in [0.15, 0.2) is 52.3 Å². The first-order chi connectivity index (χ1) is 10.3. The zero-order valence-corrected chi connectivity index (χ0v) is 12.2. The molecule has 2 heterocycles. The number of fused-ring (bicyclic) bond motifs is 1. The number of hydrogen-bond acceptors (Lipinski definition) is 4. The summed E-state index contributed by atoms with van der Waals surface area (Å²) >= 11 is 1.03. The van der Waals surface area contributed by atoms with Gasteiger partial charge in [0.2, 0.25) is 0 Å². The van der Waals surface area contributed by atoms with E-state index in [0.29, 0.717) is 22.8 Å². The maximum Gasteiger partial charge on any atom is 0.274 e. The van der Waals surface area contributed by atoms with E-state index in [4.69, 9.17) is 5.26 Å². The summed E-state index contributed by atoms with van der Waals surface area (Å²) < 4.78 is 3.28. The molecule has 104 valence electrons. The molecule has 3 rings (SSSR count). The highest BCUT2D eigenvalue weighted by Gasteiger charge is 2.18. The fraction of sp³-hybridized carbons (Fsp3) is 0.133. The number of rotatable bonds is 3. The molecule has 0 amide bonds. The smallest absolute Gasteiger partial charge is 0.274 e. The van der Waals surface area contributed by atoms with Crippen LogP contribution in [0.1, 0.15) is 6.92 Å². The third-order valence-corrected chi connectivity index (χ3v) is 3.90. The molecule has 0 aliphatic rings. The van der Waals surface area contributed by atoms with Crippen LogP contribution in [0.2, 0.25) is 0 Å². The highest BCUT2D eigenvalue weighted by Crippen LogP contribution is 2.33. The molecule has 3 aromatic rings. The average Bonchev–Trinajstić information content (AvgIpc) is 2.90. The molecule has 0 N–H and O–H groups in total. The van der Waals surface area contributed by atoms with E-state index in [0.717, 1.165) is 17.3 Å². The lowest BCUT2D eigenvalue weighted by atomic mass is 10.1. The lowest BCUT2D eigenvalue weighted by Gasteiger charge is -2.05. The van der Waals surface area contributed by atoms with E-state index in [2.05, 4.69) is 10.5 Å². The molecule has 0 saturated carbocycles. The first kappa shape index (κ1) is 13.5. The molecule has 2 aromatic heterocycles. The predicted molar refractivity (Wildman–Crippen MR) is 82.0 cm³/mol. The van der Waals surface area contributed by atoms with E-state index in [9.17, 15) is 4.79 Å². The van der Waals surface area contributed by atoms with Gasteiger partial charge in [0.1, 0.15) is 11.1 Å². The highest BCUT2D eigenvalue weighted by atomic mass is 32.2. The van der Waals surface area contributed by atoms with Crippen molar-refractivity contribution < 1.29 is 0 Å². The van der Waals surface area contributed by atoms with Gasteiger partial charge in [0.05, 0.1) is 4.90 Å². The average molecular weight is 296 g/mol. The Morgan fingerprint density at radius 3 is 2.71 bits per heavy atom. The van der Waals surface area contributed by atoms with Gasteiger partial charge in [-0.2, -0.15) is 14.9 Å². The normalized spacial score (nSPS) is 10.7.